The number of hydrogen-bond acceptors (Lipinski definition) is 8. The first-order valence-corrected chi connectivity index (χ1v) is 14.3. The smallest absolute Gasteiger partial charge is 0.406 e. The number of aromatic nitrogens is 1. The lowest BCUT2D eigenvalue weighted by Gasteiger charge is -2.13. The summed E-state index contributed by atoms with van der Waals surface area (Å²) in [4.78, 5) is 28.8. The molecule has 2 aromatic heterocycles. The van der Waals surface area contributed by atoms with Crippen molar-refractivity contribution in [2.24, 2.45) is 5.92 Å². The molecule has 0 amide bonds. The molecule has 0 aliphatic heterocycles. The molecule has 4 aromatic rings. The van der Waals surface area contributed by atoms with E-state index in [0.29, 0.717) is 39.8 Å². The molecular weight excluding hydrogens is 582 g/mol. The van der Waals surface area contributed by atoms with E-state index in [1.807, 2.05) is 6.07 Å². The predicted octanol–water partition coefficient (Wildman–Crippen LogP) is 7.95. The Morgan fingerprint density at radius 2 is 1.88 bits per heavy atom. The number of nitro groups is 1. The Kier molecular flexibility index (Phi) is 6.81. The van der Waals surface area contributed by atoms with Crippen LogP contribution in [-0.2, 0) is 5.41 Å². The fourth-order valence-electron chi connectivity index (χ4n) is 5.42. The van der Waals surface area contributed by atoms with Crippen LogP contribution in [0.5, 0.6) is 5.75 Å². The summed E-state index contributed by atoms with van der Waals surface area (Å²) in [6, 6.07) is 15.0. The van der Waals surface area contributed by atoms with E-state index in [4.69, 9.17) is 4.98 Å². The highest BCUT2D eigenvalue weighted by Crippen LogP contribution is 2.85. The SMILES string of the molecule is O=C(CCCNc1nc(-c2ccc(OC(F)(F)F)cc2)c(C2C3CC32c2ccccc2F)s1)c1ccc([N+](=O)[O-])s1. The van der Waals surface area contributed by atoms with Gasteiger partial charge in [0.25, 0.3) is 0 Å². The van der Waals surface area contributed by atoms with Gasteiger partial charge in [-0.15, -0.1) is 24.5 Å². The third-order valence-corrected chi connectivity index (χ3v) is 9.66. The topological polar surface area (TPSA) is 94.4 Å². The van der Waals surface area contributed by atoms with Crippen LogP contribution < -0.4 is 10.1 Å². The van der Waals surface area contributed by atoms with Crippen molar-refractivity contribution in [1.29, 1.82) is 0 Å². The van der Waals surface area contributed by atoms with Crippen molar-refractivity contribution < 1.29 is 32.0 Å². The number of nitrogens with one attached hydrogen (secondary N) is 1. The average Bonchev–Trinajstić information content (AvgIpc) is 3.61. The van der Waals surface area contributed by atoms with E-state index in [9.17, 15) is 32.5 Å². The maximum Gasteiger partial charge on any atom is 0.573 e. The summed E-state index contributed by atoms with van der Waals surface area (Å²) in [5.74, 6) is -0.460. The molecule has 3 unspecified atom stereocenters. The average molecular weight is 604 g/mol. The maximum absolute atomic E-state index is 14.7. The lowest BCUT2D eigenvalue weighted by atomic mass is 9.94. The number of nitrogens with zero attached hydrogens (tertiary/aromatic N) is 2. The number of ether oxygens (including phenoxy) is 1. The van der Waals surface area contributed by atoms with Crippen LogP contribution in [0.3, 0.4) is 0 Å². The Balaban J connectivity index is 1.19. The van der Waals surface area contributed by atoms with Crippen LogP contribution in [-0.4, -0.2) is 28.6 Å². The van der Waals surface area contributed by atoms with Gasteiger partial charge < -0.3 is 10.1 Å². The van der Waals surface area contributed by atoms with Crippen LogP contribution in [0.4, 0.5) is 27.7 Å². The van der Waals surface area contributed by atoms with Gasteiger partial charge in [-0.05, 0) is 60.7 Å². The third-order valence-electron chi connectivity index (χ3n) is 7.48. The second-order valence-corrected chi connectivity index (χ2v) is 12.1. The fraction of sp³-hybridized carbons (Fsp3) is 0.286. The summed E-state index contributed by atoms with van der Waals surface area (Å²) in [6.07, 6.45) is -3.29. The number of anilines is 1. The molecule has 2 saturated carbocycles. The number of halogens is 4. The van der Waals surface area contributed by atoms with Gasteiger partial charge in [0.05, 0.1) is 15.5 Å². The highest BCUT2D eigenvalue weighted by atomic mass is 32.1. The van der Waals surface area contributed by atoms with Gasteiger partial charge in [-0.25, -0.2) is 9.37 Å². The Bertz CT molecular complexity index is 1640. The molecule has 0 bridgehead atoms. The zero-order valence-corrected chi connectivity index (χ0v) is 22.7. The number of carbonyl (C=O) groups excluding carboxylic acids is 1. The summed E-state index contributed by atoms with van der Waals surface area (Å²) < 4.78 is 56.6. The lowest BCUT2D eigenvalue weighted by Crippen LogP contribution is -2.16. The van der Waals surface area contributed by atoms with Gasteiger partial charge in [0.15, 0.2) is 10.9 Å². The van der Waals surface area contributed by atoms with Crippen LogP contribution in [0.1, 0.15) is 45.3 Å². The molecule has 2 aliphatic carbocycles. The molecule has 0 radical (unpaired) electrons. The molecule has 212 valence electrons. The number of benzene rings is 2. The fourth-order valence-corrected chi connectivity index (χ4v) is 7.49. The van der Waals surface area contributed by atoms with Crippen molar-refractivity contribution in [1.82, 2.24) is 4.98 Å². The predicted molar refractivity (Wildman–Crippen MR) is 146 cm³/mol. The first-order chi connectivity index (χ1) is 19.6. The summed E-state index contributed by atoms with van der Waals surface area (Å²) >= 11 is 2.27. The van der Waals surface area contributed by atoms with Crippen LogP contribution in [0, 0.1) is 21.8 Å². The minimum atomic E-state index is -4.80. The molecule has 3 atom stereocenters. The first-order valence-electron chi connectivity index (χ1n) is 12.7. The summed E-state index contributed by atoms with van der Waals surface area (Å²) in [5, 5.41) is 14.6. The number of ketones is 1. The van der Waals surface area contributed by atoms with Gasteiger partial charge in [-0.1, -0.05) is 29.5 Å². The second kappa shape index (κ2) is 10.2. The molecule has 7 nitrogen and oxygen atoms in total. The van der Waals surface area contributed by atoms with Crippen LogP contribution in [0.2, 0.25) is 0 Å². The monoisotopic (exact) mass is 603 g/mol. The van der Waals surface area contributed by atoms with Crippen LogP contribution in [0.15, 0.2) is 60.7 Å². The highest BCUT2D eigenvalue weighted by Gasteiger charge is 2.81. The lowest BCUT2D eigenvalue weighted by molar-refractivity contribution is -0.380. The van der Waals surface area contributed by atoms with Gasteiger partial charge in [0.2, 0.25) is 0 Å². The highest BCUT2D eigenvalue weighted by molar-refractivity contribution is 7.17. The van der Waals surface area contributed by atoms with Crippen molar-refractivity contribution in [3.05, 3.63) is 91.9 Å². The number of alkyl halides is 3. The quantitative estimate of drug-likeness (QED) is 0.0615. The molecule has 6 rings (SSSR count). The Morgan fingerprint density at radius 3 is 2.54 bits per heavy atom. The van der Waals surface area contributed by atoms with Crippen molar-refractivity contribution in [3.63, 3.8) is 0 Å². The molecule has 41 heavy (non-hydrogen) atoms. The minimum Gasteiger partial charge on any atom is -0.406 e. The number of Topliss-reactive ketones (excluding diaryl/α,β-unsaturated/α-hetero) is 1. The molecule has 2 aliphatic rings. The molecule has 2 heterocycles. The number of carbonyl (C=O) groups is 1. The largest absolute Gasteiger partial charge is 0.573 e. The van der Waals surface area contributed by atoms with Crippen LogP contribution in [0.25, 0.3) is 11.3 Å². The summed E-state index contributed by atoms with van der Waals surface area (Å²) in [7, 11) is 0. The van der Waals surface area contributed by atoms with E-state index in [1.54, 1.807) is 12.1 Å². The number of fused-ring (bicyclic) bond motifs is 1. The van der Waals surface area contributed by atoms with E-state index < -0.39 is 11.3 Å². The van der Waals surface area contributed by atoms with E-state index in [-0.39, 0.29) is 46.0 Å². The Hall–Kier alpha value is -3.84. The van der Waals surface area contributed by atoms with Gasteiger partial charge in [0, 0.05) is 40.8 Å². The Labute approximate surface area is 239 Å². The Morgan fingerprint density at radius 1 is 1.12 bits per heavy atom. The van der Waals surface area contributed by atoms with E-state index in [0.717, 1.165) is 22.6 Å². The number of rotatable bonds is 11. The molecule has 2 fully saturated rings. The number of hydrogen-bond donors (Lipinski definition) is 1. The first kappa shape index (κ1) is 27.3. The third kappa shape index (κ3) is 5.31. The summed E-state index contributed by atoms with van der Waals surface area (Å²) in [5.41, 5.74) is 1.61. The maximum atomic E-state index is 14.7. The van der Waals surface area contributed by atoms with Gasteiger partial charge >= 0.3 is 11.4 Å². The number of thiazole rings is 1. The molecule has 1 N–H and O–H groups in total. The minimum absolute atomic E-state index is 0.0461. The second-order valence-electron chi connectivity index (χ2n) is 9.96. The molecule has 0 spiro atoms. The summed E-state index contributed by atoms with van der Waals surface area (Å²) in [6.45, 7) is 0.413. The van der Waals surface area contributed by atoms with Gasteiger partial charge in [0.1, 0.15) is 11.6 Å². The van der Waals surface area contributed by atoms with Crippen LogP contribution >= 0.6 is 22.7 Å². The van der Waals surface area contributed by atoms with Gasteiger partial charge in [-0.3, -0.25) is 14.9 Å². The van der Waals surface area contributed by atoms with Crippen molar-refractivity contribution in [2.45, 2.75) is 37.0 Å². The molecule has 13 heteroatoms. The normalized spacial score (nSPS) is 20.8. The van der Waals surface area contributed by atoms with Crippen molar-refractivity contribution >= 4 is 38.6 Å². The van der Waals surface area contributed by atoms with Crippen molar-refractivity contribution in [3.8, 4) is 17.0 Å². The standard InChI is InChI=1S/C28H21F4N3O4S2/c29-19-5-2-1-4-17(19)27-14-18(27)23(27)25-24(15-7-9-16(10-8-15)39-28(30,31)32)34-26(41-25)33-13-3-6-20(36)21-11-12-22(40-21)35(37)38/h1-2,4-5,7-12,18,23H,3,6,13-14H2,(H,33,34). The molecule has 0 saturated heterocycles. The zero-order chi connectivity index (χ0) is 28.9. The number of thiophene rings is 1. The van der Waals surface area contributed by atoms with E-state index in [1.165, 1.54) is 53.8 Å². The zero-order valence-electron chi connectivity index (χ0n) is 21.1. The van der Waals surface area contributed by atoms with E-state index in [2.05, 4.69) is 10.1 Å². The van der Waals surface area contributed by atoms with Crippen molar-refractivity contribution in [2.75, 3.05) is 11.9 Å². The molecule has 2 aromatic carbocycles. The van der Waals surface area contributed by atoms with Gasteiger partial charge in [-0.2, -0.15) is 0 Å². The molecular formula is C28H21F4N3O4S2. The van der Waals surface area contributed by atoms with E-state index >= 15 is 0 Å².